The standard InChI is InChI=1S/C23H37N3O2.ClH/c1-24-14-11-19-12-16-25(17-13-19)18-23(27)26-15-5-3-4-6-22(26)20-7-9-21(28-2)10-8-20;/h7-10,19,22,24H,3-6,11-18H2,1-2H3;1H. The number of likely N-dealkylation sites (tertiary alicyclic amines) is 2. The summed E-state index contributed by atoms with van der Waals surface area (Å²) in [7, 11) is 3.71. The Morgan fingerprint density at radius 1 is 1.07 bits per heavy atom. The molecule has 0 aliphatic carbocycles. The number of nitrogens with zero attached hydrogens (tertiary/aromatic N) is 2. The van der Waals surface area contributed by atoms with Crippen molar-refractivity contribution in [3.05, 3.63) is 29.8 Å². The fourth-order valence-electron chi connectivity index (χ4n) is 4.64. The molecular formula is C23H38ClN3O2. The van der Waals surface area contributed by atoms with Crippen molar-refractivity contribution in [1.82, 2.24) is 15.1 Å². The van der Waals surface area contributed by atoms with Crippen molar-refractivity contribution in [2.24, 2.45) is 5.92 Å². The number of hydrogen-bond acceptors (Lipinski definition) is 4. The van der Waals surface area contributed by atoms with E-state index in [4.69, 9.17) is 4.74 Å². The molecule has 2 heterocycles. The fourth-order valence-corrected chi connectivity index (χ4v) is 4.64. The van der Waals surface area contributed by atoms with Crippen LogP contribution in [0.5, 0.6) is 5.75 Å². The predicted octanol–water partition coefficient (Wildman–Crippen LogP) is 3.88. The molecule has 0 saturated carbocycles. The van der Waals surface area contributed by atoms with E-state index in [-0.39, 0.29) is 18.4 Å². The minimum atomic E-state index is 0. The molecule has 1 atom stereocenters. The first kappa shape index (κ1) is 24.0. The number of piperidine rings is 1. The number of carbonyl (C=O) groups excluding carboxylic acids is 1. The summed E-state index contributed by atoms with van der Waals surface area (Å²) in [4.78, 5) is 17.8. The van der Waals surface area contributed by atoms with Crippen molar-refractivity contribution in [3.8, 4) is 5.75 Å². The topological polar surface area (TPSA) is 44.8 Å². The molecule has 2 aliphatic rings. The molecule has 5 nitrogen and oxygen atoms in total. The normalized spacial score (nSPS) is 21.3. The molecule has 6 heteroatoms. The highest BCUT2D eigenvalue weighted by atomic mass is 35.5. The third-order valence-corrected chi connectivity index (χ3v) is 6.44. The van der Waals surface area contributed by atoms with Crippen molar-refractivity contribution < 1.29 is 9.53 Å². The zero-order valence-electron chi connectivity index (χ0n) is 18.1. The number of nitrogens with one attached hydrogen (secondary N) is 1. The Balaban J connectivity index is 0.00000300. The van der Waals surface area contributed by atoms with E-state index in [9.17, 15) is 4.79 Å². The van der Waals surface area contributed by atoms with Crippen LogP contribution in [0.1, 0.15) is 56.6 Å². The summed E-state index contributed by atoms with van der Waals surface area (Å²) in [5.74, 6) is 1.98. The summed E-state index contributed by atoms with van der Waals surface area (Å²) in [6.45, 7) is 4.67. The molecule has 1 aromatic carbocycles. The van der Waals surface area contributed by atoms with Crippen LogP contribution in [0.3, 0.4) is 0 Å². The summed E-state index contributed by atoms with van der Waals surface area (Å²) in [6.07, 6.45) is 8.27. The van der Waals surface area contributed by atoms with Crippen molar-refractivity contribution in [2.45, 2.75) is 51.0 Å². The minimum absolute atomic E-state index is 0. The Kier molecular flexibility index (Phi) is 10.3. The van der Waals surface area contributed by atoms with E-state index in [2.05, 4.69) is 27.2 Å². The van der Waals surface area contributed by atoms with Crippen LogP contribution in [-0.2, 0) is 4.79 Å². The number of ether oxygens (including phenoxy) is 1. The zero-order valence-corrected chi connectivity index (χ0v) is 18.9. The second-order valence-corrected chi connectivity index (χ2v) is 8.34. The highest BCUT2D eigenvalue weighted by molar-refractivity contribution is 5.85. The summed E-state index contributed by atoms with van der Waals surface area (Å²) >= 11 is 0. The molecule has 1 aromatic rings. The third-order valence-electron chi connectivity index (χ3n) is 6.44. The first-order valence-electron chi connectivity index (χ1n) is 11.0. The van der Waals surface area contributed by atoms with Gasteiger partial charge >= 0.3 is 0 Å². The van der Waals surface area contributed by atoms with Gasteiger partial charge in [-0.25, -0.2) is 0 Å². The van der Waals surface area contributed by atoms with Crippen molar-refractivity contribution >= 4 is 18.3 Å². The van der Waals surface area contributed by atoms with E-state index in [1.54, 1.807) is 7.11 Å². The predicted molar refractivity (Wildman–Crippen MR) is 121 cm³/mol. The lowest BCUT2D eigenvalue weighted by atomic mass is 9.93. The lowest BCUT2D eigenvalue weighted by Crippen LogP contribution is -2.44. The molecule has 3 rings (SSSR count). The number of methoxy groups -OCH3 is 1. The molecule has 2 aliphatic heterocycles. The molecule has 0 aromatic heterocycles. The zero-order chi connectivity index (χ0) is 19.8. The Bertz CT molecular complexity index is 603. The second-order valence-electron chi connectivity index (χ2n) is 8.34. The van der Waals surface area contributed by atoms with E-state index < -0.39 is 0 Å². The Labute approximate surface area is 182 Å². The summed E-state index contributed by atoms with van der Waals surface area (Å²) < 4.78 is 5.30. The monoisotopic (exact) mass is 423 g/mol. The number of amides is 1. The molecule has 1 unspecified atom stereocenters. The first-order valence-corrected chi connectivity index (χ1v) is 11.0. The number of hydrogen-bond donors (Lipinski definition) is 1. The van der Waals surface area contributed by atoms with Crippen molar-refractivity contribution in [3.63, 3.8) is 0 Å². The van der Waals surface area contributed by atoms with E-state index in [0.29, 0.717) is 12.5 Å². The van der Waals surface area contributed by atoms with Crippen LogP contribution in [0.2, 0.25) is 0 Å². The van der Waals surface area contributed by atoms with Gasteiger partial charge in [-0.1, -0.05) is 25.0 Å². The summed E-state index contributed by atoms with van der Waals surface area (Å²) in [5.41, 5.74) is 1.24. The molecule has 29 heavy (non-hydrogen) atoms. The maximum atomic E-state index is 13.2. The highest BCUT2D eigenvalue weighted by Crippen LogP contribution is 2.31. The molecular weight excluding hydrogens is 386 g/mol. The largest absolute Gasteiger partial charge is 0.497 e. The van der Waals surface area contributed by atoms with Gasteiger partial charge in [0.25, 0.3) is 0 Å². The lowest BCUT2D eigenvalue weighted by Gasteiger charge is -2.35. The number of halogens is 1. The van der Waals surface area contributed by atoms with Crippen LogP contribution in [0.25, 0.3) is 0 Å². The van der Waals surface area contributed by atoms with Crippen molar-refractivity contribution in [1.29, 1.82) is 0 Å². The average molecular weight is 424 g/mol. The van der Waals surface area contributed by atoms with Gasteiger partial charge in [0.2, 0.25) is 5.91 Å². The Morgan fingerprint density at radius 3 is 2.45 bits per heavy atom. The van der Waals surface area contributed by atoms with E-state index in [1.165, 1.54) is 37.7 Å². The SMILES string of the molecule is CNCCC1CCN(CC(=O)N2CCCCCC2c2ccc(OC)cc2)CC1.Cl. The summed E-state index contributed by atoms with van der Waals surface area (Å²) in [6, 6.07) is 8.48. The van der Waals surface area contributed by atoms with Gasteiger partial charge in [-0.3, -0.25) is 9.69 Å². The first-order chi connectivity index (χ1) is 13.7. The Morgan fingerprint density at radius 2 is 1.79 bits per heavy atom. The number of carbonyl (C=O) groups is 1. The van der Waals surface area contributed by atoms with Gasteiger partial charge in [0, 0.05) is 6.54 Å². The minimum Gasteiger partial charge on any atom is -0.497 e. The summed E-state index contributed by atoms with van der Waals surface area (Å²) in [5, 5.41) is 3.25. The fraction of sp³-hybridized carbons (Fsp3) is 0.696. The van der Waals surface area contributed by atoms with Crippen LogP contribution in [0.4, 0.5) is 0 Å². The van der Waals surface area contributed by atoms with E-state index in [0.717, 1.165) is 50.7 Å². The molecule has 1 amide bonds. The smallest absolute Gasteiger partial charge is 0.237 e. The Hall–Kier alpha value is -1.30. The molecule has 0 spiro atoms. The van der Waals surface area contributed by atoms with Crippen LogP contribution in [-0.4, -0.2) is 62.6 Å². The quantitative estimate of drug-likeness (QED) is 0.722. The molecule has 164 valence electrons. The van der Waals surface area contributed by atoms with Crippen LogP contribution >= 0.6 is 12.4 Å². The van der Waals surface area contributed by atoms with E-state index in [1.807, 2.05) is 19.2 Å². The average Bonchev–Trinajstić information content (AvgIpc) is 2.99. The molecule has 2 saturated heterocycles. The van der Waals surface area contributed by atoms with Gasteiger partial charge in [-0.05, 0) is 82.4 Å². The number of rotatable bonds is 7. The molecule has 1 N–H and O–H groups in total. The van der Waals surface area contributed by atoms with Gasteiger partial charge in [0.1, 0.15) is 5.75 Å². The second kappa shape index (κ2) is 12.4. The van der Waals surface area contributed by atoms with Crippen LogP contribution < -0.4 is 10.1 Å². The number of benzene rings is 1. The van der Waals surface area contributed by atoms with E-state index >= 15 is 0 Å². The maximum absolute atomic E-state index is 13.2. The van der Waals surface area contributed by atoms with Gasteiger partial charge in [0.05, 0.1) is 19.7 Å². The van der Waals surface area contributed by atoms with Crippen LogP contribution in [0, 0.1) is 5.92 Å². The lowest BCUT2D eigenvalue weighted by molar-refractivity contribution is -0.135. The van der Waals surface area contributed by atoms with Gasteiger partial charge < -0.3 is 15.0 Å². The third kappa shape index (κ3) is 6.87. The van der Waals surface area contributed by atoms with Gasteiger partial charge in [-0.15, -0.1) is 12.4 Å². The molecule has 0 bridgehead atoms. The van der Waals surface area contributed by atoms with Gasteiger partial charge in [-0.2, -0.15) is 0 Å². The van der Waals surface area contributed by atoms with Gasteiger partial charge in [0.15, 0.2) is 0 Å². The highest BCUT2D eigenvalue weighted by Gasteiger charge is 2.29. The molecule has 2 fully saturated rings. The molecule has 0 radical (unpaired) electrons. The van der Waals surface area contributed by atoms with Crippen molar-refractivity contribution in [2.75, 3.05) is 46.9 Å². The van der Waals surface area contributed by atoms with Crippen LogP contribution in [0.15, 0.2) is 24.3 Å². The maximum Gasteiger partial charge on any atom is 0.237 e.